The maximum Gasteiger partial charge on any atom is 0.349 e. The number of aryl methyl sites for hydroxylation is 1. The van der Waals surface area contributed by atoms with Crippen LogP contribution in [0.3, 0.4) is 0 Å². The standard InChI is InChI=1S/C31H32F2N4O5/c1-17-25-24(28(39)42-26(17)21-12-20(38)11-18-5-2-6-22(33)23(18)21)27(34-15-31(40)8-3-9-31)36-29(35-25)41-16-30-7-4-10-37(30)14-19(32)13-30/h2,5-6,11-12,19,38,40H,3-4,7-10,13-16H2,1H3,(H,34,35,36)/t19-,30+/m1/s1. The van der Waals surface area contributed by atoms with Gasteiger partial charge in [0.05, 0.1) is 16.7 Å². The molecule has 4 aromatic rings. The quantitative estimate of drug-likeness (QED) is 0.283. The zero-order valence-corrected chi connectivity index (χ0v) is 23.3. The molecule has 0 unspecified atom stereocenters. The van der Waals surface area contributed by atoms with Gasteiger partial charge in [-0.25, -0.2) is 13.6 Å². The van der Waals surface area contributed by atoms with Crippen LogP contribution in [0.25, 0.3) is 33.0 Å². The van der Waals surface area contributed by atoms with Crippen molar-refractivity contribution in [1.82, 2.24) is 14.9 Å². The summed E-state index contributed by atoms with van der Waals surface area (Å²) in [5, 5.41) is 25.0. The van der Waals surface area contributed by atoms with E-state index >= 15 is 4.39 Å². The molecular weight excluding hydrogens is 546 g/mol. The monoisotopic (exact) mass is 578 g/mol. The summed E-state index contributed by atoms with van der Waals surface area (Å²) in [4.78, 5) is 24.8. The summed E-state index contributed by atoms with van der Waals surface area (Å²) >= 11 is 0. The molecule has 3 N–H and O–H groups in total. The fourth-order valence-corrected chi connectivity index (χ4v) is 6.89. The number of ether oxygens (including phenoxy) is 1. The van der Waals surface area contributed by atoms with E-state index in [0.29, 0.717) is 36.8 Å². The van der Waals surface area contributed by atoms with E-state index < -0.39 is 28.8 Å². The van der Waals surface area contributed by atoms with Crippen molar-refractivity contribution in [3.8, 4) is 23.1 Å². The summed E-state index contributed by atoms with van der Waals surface area (Å²) in [6.45, 7) is 3.25. The SMILES string of the molecule is Cc1c(-c2cc(O)cc3cccc(F)c23)oc(=O)c2c(NCC3(O)CCC3)nc(OC[C@@]34CCCN3C[C@H](F)C4)nc12. The Kier molecular flexibility index (Phi) is 6.36. The zero-order valence-electron chi connectivity index (χ0n) is 23.3. The Morgan fingerprint density at radius 2 is 2.02 bits per heavy atom. The third-order valence-corrected chi connectivity index (χ3v) is 9.24. The molecule has 0 radical (unpaired) electrons. The first-order valence-electron chi connectivity index (χ1n) is 14.4. The van der Waals surface area contributed by atoms with Crippen LogP contribution in [0.2, 0.25) is 0 Å². The number of aromatic hydroxyl groups is 1. The van der Waals surface area contributed by atoms with Crippen molar-refractivity contribution in [3.05, 3.63) is 52.1 Å². The van der Waals surface area contributed by atoms with Crippen molar-refractivity contribution < 1.29 is 28.1 Å². The minimum absolute atomic E-state index is 0.000676. The molecule has 3 fully saturated rings. The highest BCUT2D eigenvalue weighted by atomic mass is 19.1. The smallest absolute Gasteiger partial charge is 0.349 e. The lowest BCUT2D eigenvalue weighted by molar-refractivity contribution is -0.0202. The third kappa shape index (κ3) is 4.46. The highest BCUT2D eigenvalue weighted by Gasteiger charge is 2.49. The van der Waals surface area contributed by atoms with Crippen LogP contribution in [0, 0.1) is 12.7 Å². The second-order valence-electron chi connectivity index (χ2n) is 12.0. The van der Waals surface area contributed by atoms with Crippen LogP contribution in [0.1, 0.15) is 44.1 Å². The van der Waals surface area contributed by atoms with Crippen molar-refractivity contribution in [2.75, 3.05) is 31.6 Å². The Bertz CT molecular complexity index is 1770. The first kappa shape index (κ1) is 27.0. The van der Waals surface area contributed by atoms with Crippen LogP contribution >= 0.6 is 0 Å². The third-order valence-electron chi connectivity index (χ3n) is 9.24. The second-order valence-corrected chi connectivity index (χ2v) is 12.0. The number of fused-ring (bicyclic) bond motifs is 3. The fraction of sp³-hybridized carbons (Fsp3) is 0.452. The predicted molar refractivity (Wildman–Crippen MR) is 153 cm³/mol. The minimum atomic E-state index is -0.918. The van der Waals surface area contributed by atoms with Crippen LogP contribution in [0.15, 0.2) is 39.5 Å². The van der Waals surface area contributed by atoms with E-state index in [0.717, 1.165) is 25.8 Å². The number of anilines is 1. The predicted octanol–water partition coefficient (Wildman–Crippen LogP) is 4.84. The summed E-state index contributed by atoms with van der Waals surface area (Å²) < 4.78 is 41.3. The summed E-state index contributed by atoms with van der Waals surface area (Å²) in [6.07, 6.45) is 3.39. The molecule has 2 atom stereocenters. The molecule has 2 aromatic heterocycles. The molecule has 3 aliphatic rings. The van der Waals surface area contributed by atoms with Crippen molar-refractivity contribution in [2.24, 2.45) is 0 Å². The Balaban J connectivity index is 1.36. The normalized spacial score (nSPS) is 23.3. The highest BCUT2D eigenvalue weighted by Crippen LogP contribution is 2.41. The molecule has 2 saturated heterocycles. The van der Waals surface area contributed by atoms with Gasteiger partial charge in [-0.1, -0.05) is 12.1 Å². The number of hydrogen-bond donors (Lipinski definition) is 3. The van der Waals surface area contributed by atoms with E-state index in [4.69, 9.17) is 9.15 Å². The first-order chi connectivity index (χ1) is 20.1. The Hall–Kier alpha value is -3.83. The van der Waals surface area contributed by atoms with Crippen LogP contribution in [0.5, 0.6) is 11.8 Å². The van der Waals surface area contributed by atoms with Crippen molar-refractivity contribution in [2.45, 2.75) is 62.8 Å². The molecule has 0 bridgehead atoms. The number of halogens is 2. The van der Waals surface area contributed by atoms with Gasteiger partial charge >= 0.3 is 11.6 Å². The lowest BCUT2D eigenvalue weighted by atomic mass is 9.80. The van der Waals surface area contributed by atoms with Crippen LogP contribution in [-0.2, 0) is 0 Å². The van der Waals surface area contributed by atoms with Crippen LogP contribution < -0.4 is 15.7 Å². The van der Waals surface area contributed by atoms with Gasteiger partial charge in [-0.3, -0.25) is 4.90 Å². The lowest BCUT2D eigenvalue weighted by Gasteiger charge is -2.36. The lowest BCUT2D eigenvalue weighted by Crippen LogP contribution is -2.44. The Morgan fingerprint density at radius 3 is 2.81 bits per heavy atom. The molecule has 0 spiro atoms. The van der Waals surface area contributed by atoms with Gasteiger partial charge in [0.1, 0.15) is 41.3 Å². The van der Waals surface area contributed by atoms with Gasteiger partial charge in [-0.15, -0.1) is 0 Å². The number of benzene rings is 2. The van der Waals surface area contributed by atoms with Gasteiger partial charge in [0.2, 0.25) is 0 Å². The molecule has 0 amide bonds. The van der Waals surface area contributed by atoms with Gasteiger partial charge in [0.15, 0.2) is 0 Å². The second kappa shape index (κ2) is 9.88. The molecule has 220 valence electrons. The number of phenolic OH excluding ortho intramolecular Hbond substituents is 1. The van der Waals surface area contributed by atoms with E-state index in [9.17, 15) is 19.4 Å². The topological polar surface area (TPSA) is 121 Å². The van der Waals surface area contributed by atoms with Crippen LogP contribution in [0.4, 0.5) is 14.6 Å². The zero-order chi connectivity index (χ0) is 29.2. The van der Waals surface area contributed by atoms with Gasteiger partial charge in [-0.05, 0) is 69.2 Å². The molecule has 4 heterocycles. The largest absolute Gasteiger partial charge is 0.508 e. The summed E-state index contributed by atoms with van der Waals surface area (Å²) in [7, 11) is 0. The number of phenols is 1. The number of rotatable bonds is 7. The van der Waals surface area contributed by atoms with Gasteiger partial charge < -0.3 is 24.7 Å². The molecule has 1 saturated carbocycles. The van der Waals surface area contributed by atoms with E-state index in [1.165, 1.54) is 24.3 Å². The maximum absolute atomic E-state index is 15.1. The maximum atomic E-state index is 15.1. The average Bonchev–Trinajstić information content (AvgIpc) is 3.46. The molecular formula is C31H32F2N4O5. The molecule has 9 nitrogen and oxygen atoms in total. The molecule has 11 heteroatoms. The summed E-state index contributed by atoms with van der Waals surface area (Å²) in [5.74, 6) is -0.434. The van der Waals surface area contributed by atoms with Gasteiger partial charge in [0, 0.05) is 36.0 Å². The van der Waals surface area contributed by atoms with E-state index in [2.05, 4.69) is 20.2 Å². The minimum Gasteiger partial charge on any atom is -0.508 e. The van der Waals surface area contributed by atoms with E-state index in [1.54, 1.807) is 13.0 Å². The number of aliphatic hydroxyl groups is 1. The average molecular weight is 579 g/mol. The Labute approximate surface area is 240 Å². The molecule has 1 aliphatic carbocycles. The number of alkyl halides is 1. The van der Waals surface area contributed by atoms with E-state index in [1.807, 2.05) is 0 Å². The fourth-order valence-electron chi connectivity index (χ4n) is 6.89. The summed E-state index contributed by atoms with van der Waals surface area (Å²) in [5.41, 5.74) is -1.24. The first-order valence-corrected chi connectivity index (χ1v) is 14.4. The van der Waals surface area contributed by atoms with Crippen molar-refractivity contribution in [1.29, 1.82) is 0 Å². The number of nitrogens with one attached hydrogen (secondary N) is 1. The van der Waals surface area contributed by atoms with Crippen molar-refractivity contribution >= 4 is 27.5 Å². The van der Waals surface area contributed by atoms with Crippen molar-refractivity contribution in [3.63, 3.8) is 0 Å². The molecule has 2 aromatic carbocycles. The number of nitrogens with zero attached hydrogens (tertiary/aromatic N) is 3. The number of hydrogen-bond acceptors (Lipinski definition) is 9. The van der Waals surface area contributed by atoms with Gasteiger partial charge in [-0.2, -0.15) is 9.97 Å². The van der Waals surface area contributed by atoms with Gasteiger partial charge in [0.25, 0.3) is 0 Å². The molecule has 7 rings (SSSR count). The summed E-state index contributed by atoms with van der Waals surface area (Å²) in [6, 6.07) is 7.29. The molecule has 2 aliphatic heterocycles. The highest BCUT2D eigenvalue weighted by molar-refractivity contribution is 6.00. The molecule has 42 heavy (non-hydrogen) atoms. The number of aromatic nitrogens is 2. The Morgan fingerprint density at radius 1 is 1.19 bits per heavy atom. The van der Waals surface area contributed by atoms with E-state index in [-0.39, 0.29) is 58.3 Å². The van der Waals surface area contributed by atoms with Crippen LogP contribution in [-0.4, -0.2) is 68.6 Å².